The highest BCUT2D eigenvalue weighted by atomic mass is 15.0. The third kappa shape index (κ3) is 6.00. The molecule has 3 heteroatoms. The van der Waals surface area contributed by atoms with Crippen molar-refractivity contribution in [3.63, 3.8) is 0 Å². The topological polar surface area (TPSA) is 37.8 Å². The molecule has 20 heavy (non-hydrogen) atoms. The molecule has 0 amide bonds. The maximum atomic E-state index is 4.53. The lowest BCUT2D eigenvalue weighted by Gasteiger charge is -2.23. The Balaban J connectivity index is 2.69. The zero-order valence-corrected chi connectivity index (χ0v) is 13.7. The standard InChI is InChI=1S/C17H31N3/c1-5-8-9-15(7-3)11-16(18-10-6-2)17-19-12-14(4)13-20-17/h12-13,15-16,18H,5-11H2,1-4H3. The van der Waals surface area contributed by atoms with Crippen molar-refractivity contribution in [1.29, 1.82) is 0 Å². The number of hydrogen-bond acceptors (Lipinski definition) is 3. The highest BCUT2D eigenvalue weighted by Crippen LogP contribution is 2.25. The molecule has 0 radical (unpaired) electrons. The highest BCUT2D eigenvalue weighted by Gasteiger charge is 2.18. The van der Waals surface area contributed by atoms with E-state index in [2.05, 4.69) is 36.1 Å². The molecule has 1 rings (SSSR count). The van der Waals surface area contributed by atoms with E-state index in [1.54, 1.807) is 0 Å². The first-order valence-electron chi connectivity index (χ1n) is 8.23. The van der Waals surface area contributed by atoms with Gasteiger partial charge in [0.25, 0.3) is 0 Å². The lowest BCUT2D eigenvalue weighted by molar-refractivity contribution is 0.345. The van der Waals surface area contributed by atoms with Gasteiger partial charge in [-0.25, -0.2) is 9.97 Å². The van der Waals surface area contributed by atoms with Gasteiger partial charge in [0.05, 0.1) is 6.04 Å². The van der Waals surface area contributed by atoms with Crippen LogP contribution in [-0.2, 0) is 0 Å². The van der Waals surface area contributed by atoms with Crippen LogP contribution < -0.4 is 5.32 Å². The first-order valence-corrected chi connectivity index (χ1v) is 8.23. The van der Waals surface area contributed by atoms with Gasteiger partial charge in [0.2, 0.25) is 0 Å². The molecule has 2 atom stereocenters. The van der Waals surface area contributed by atoms with Gasteiger partial charge >= 0.3 is 0 Å². The van der Waals surface area contributed by atoms with Crippen molar-refractivity contribution in [3.8, 4) is 0 Å². The molecular formula is C17H31N3. The van der Waals surface area contributed by atoms with Crippen molar-refractivity contribution in [3.05, 3.63) is 23.8 Å². The summed E-state index contributed by atoms with van der Waals surface area (Å²) in [6, 6.07) is 0.303. The van der Waals surface area contributed by atoms with Crippen molar-refractivity contribution in [2.24, 2.45) is 5.92 Å². The van der Waals surface area contributed by atoms with Gasteiger partial charge in [-0.05, 0) is 37.8 Å². The minimum Gasteiger partial charge on any atom is -0.307 e. The van der Waals surface area contributed by atoms with Crippen LogP contribution in [0.25, 0.3) is 0 Å². The first kappa shape index (κ1) is 17.1. The molecular weight excluding hydrogens is 246 g/mol. The van der Waals surface area contributed by atoms with E-state index in [1.807, 2.05) is 19.3 Å². The van der Waals surface area contributed by atoms with Gasteiger partial charge < -0.3 is 5.32 Å². The Kier molecular flexibility index (Phi) is 8.43. The summed E-state index contributed by atoms with van der Waals surface area (Å²) in [7, 11) is 0. The second-order valence-corrected chi connectivity index (χ2v) is 5.78. The summed E-state index contributed by atoms with van der Waals surface area (Å²) in [5.74, 6) is 1.73. The van der Waals surface area contributed by atoms with E-state index in [9.17, 15) is 0 Å². The van der Waals surface area contributed by atoms with Crippen molar-refractivity contribution in [2.45, 2.75) is 72.3 Å². The molecule has 0 aliphatic carbocycles. The summed E-state index contributed by atoms with van der Waals surface area (Å²) < 4.78 is 0. The molecule has 0 aliphatic rings. The predicted molar refractivity (Wildman–Crippen MR) is 85.7 cm³/mol. The second-order valence-electron chi connectivity index (χ2n) is 5.78. The largest absolute Gasteiger partial charge is 0.307 e. The monoisotopic (exact) mass is 277 g/mol. The summed E-state index contributed by atoms with van der Waals surface area (Å²) in [5.41, 5.74) is 1.13. The summed E-state index contributed by atoms with van der Waals surface area (Å²) in [4.78, 5) is 9.05. The molecule has 0 aromatic carbocycles. The van der Waals surface area contributed by atoms with Gasteiger partial charge in [0.15, 0.2) is 0 Å². The normalized spacial score (nSPS) is 14.2. The lowest BCUT2D eigenvalue weighted by Crippen LogP contribution is -2.26. The zero-order chi connectivity index (χ0) is 14.8. The molecule has 1 aromatic heterocycles. The van der Waals surface area contributed by atoms with E-state index >= 15 is 0 Å². The lowest BCUT2D eigenvalue weighted by atomic mass is 9.91. The van der Waals surface area contributed by atoms with E-state index in [4.69, 9.17) is 0 Å². The molecule has 1 heterocycles. The van der Waals surface area contributed by atoms with E-state index in [1.165, 1.54) is 25.7 Å². The van der Waals surface area contributed by atoms with Crippen LogP contribution in [0.3, 0.4) is 0 Å². The van der Waals surface area contributed by atoms with Crippen molar-refractivity contribution >= 4 is 0 Å². The highest BCUT2D eigenvalue weighted by molar-refractivity contribution is 5.04. The van der Waals surface area contributed by atoms with E-state index in [-0.39, 0.29) is 0 Å². The van der Waals surface area contributed by atoms with Crippen LogP contribution in [0.2, 0.25) is 0 Å². The summed E-state index contributed by atoms with van der Waals surface area (Å²) in [5, 5.41) is 3.62. The molecule has 1 aromatic rings. The fourth-order valence-electron chi connectivity index (χ4n) is 2.50. The quantitative estimate of drug-likeness (QED) is 0.687. The Hall–Kier alpha value is -0.960. The Bertz CT molecular complexity index is 348. The van der Waals surface area contributed by atoms with Gasteiger partial charge in [0.1, 0.15) is 5.82 Å². The molecule has 3 nitrogen and oxygen atoms in total. The molecule has 0 saturated carbocycles. The summed E-state index contributed by atoms with van der Waals surface area (Å²) >= 11 is 0. The Labute approximate surface area is 124 Å². The number of nitrogens with zero attached hydrogens (tertiary/aromatic N) is 2. The van der Waals surface area contributed by atoms with Gasteiger partial charge in [-0.2, -0.15) is 0 Å². The Morgan fingerprint density at radius 1 is 1.10 bits per heavy atom. The van der Waals surface area contributed by atoms with Crippen LogP contribution in [0.1, 0.15) is 76.7 Å². The van der Waals surface area contributed by atoms with Crippen LogP contribution in [0.4, 0.5) is 0 Å². The number of nitrogens with one attached hydrogen (secondary N) is 1. The maximum absolute atomic E-state index is 4.53. The third-order valence-corrected chi connectivity index (χ3v) is 3.87. The zero-order valence-electron chi connectivity index (χ0n) is 13.7. The fourth-order valence-corrected chi connectivity index (χ4v) is 2.50. The molecule has 2 unspecified atom stereocenters. The molecule has 114 valence electrons. The number of aromatic nitrogens is 2. The first-order chi connectivity index (χ1) is 9.71. The van der Waals surface area contributed by atoms with E-state index in [0.29, 0.717) is 6.04 Å². The minimum atomic E-state index is 0.303. The summed E-state index contributed by atoms with van der Waals surface area (Å²) in [6.45, 7) is 9.84. The summed E-state index contributed by atoms with van der Waals surface area (Å²) in [6.07, 6.45) is 11.3. The van der Waals surface area contributed by atoms with Crippen LogP contribution in [0.5, 0.6) is 0 Å². The number of hydrogen-bond donors (Lipinski definition) is 1. The number of rotatable bonds is 10. The average molecular weight is 277 g/mol. The molecule has 0 spiro atoms. The second kappa shape index (κ2) is 9.87. The average Bonchev–Trinajstić information content (AvgIpc) is 2.48. The maximum Gasteiger partial charge on any atom is 0.145 e. The van der Waals surface area contributed by atoms with E-state index < -0.39 is 0 Å². The van der Waals surface area contributed by atoms with Crippen molar-refractivity contribution in [1.82, 2.24) is 15.3 Å². The fraction of sp³-hybridized carbons (Fsp3) is 0.765. The van der Waals surface area contributed by atoms with Crippen LogP contribution in [0, 0.1) is 12.8 Å². The van der Waals surface area contributed by atoms with Crippen molar-refractivity contribution < 1.29 is 0 Å². The molecule has 0 aliphatic heterocycles. The van der Waals surface area contributed by atoms with Crippen molar-refractivity contribution in [2.75, 3.05) is 6.54 Å². The van der Waals surface area contributed by atoms with Crippen LogP contribution in [0.15, 0.2) is 12.4 Å². The van der Waals surface area contributed by atoms with E-state index in [0.717, 1.165) is 36.7 Å². The van der Waals surface area contributed by atoms with Gasteiger partial charge in [-0.1, -0.05) is 46.5 Å². The van der Waals surface area contributed by atoms with Gasteiger partial charge in [0, 0.05) is 12.4 Å². The molecule has 0 fully saturated rings. The predicted octanol–water partition coefficient (Wildman–Crippen LogP) is 4.43. The van der Waals surface area contributed by atoms with Crippen LogP contribution >= 0.6 is 0 Å². The smallest absolute Gasteiger partial charge is 0.145 e. The van der Waals surface area contributed by atoms with Crippen LogP contribution in [-0.4, -0.2) is 16.5 Å². The third-order valence-electron chi connectivity index (χ3n) is 3.87. The van der Waals surface area contributed by atoms with Gasteiger partial charge in [-0.3, -0.25) is 0 Å². The minimum absolute atomic E-state index is 0.303. The Morgan fingerprint density at radius 3 is 2.35 bits per heavy atom. The number of unbranched alkanes of at least 4 members (excludes halogenated alkanes) is 1. The molecule has 0 saturated heterocycles. The molecule has 1 N–H and O–H groups in total. The number of aryl methyl sites for hydroxylation is 1. The SMILES string of the molecule is CCCCC(CC)CC(NCCC)c1ncc(C)cn1. The molecule has 0 bridgehead atoms. The van der Waals surface area contributed by atoms with Gasteiger partial charge in [-0.15, -0.1) is 0 Å². The Morgan fingerprint density at radius 2 is 1.80 bits per heavy atom.